The van der Waals surface area contributed by atoms with Gasteiger partial charge in [-0.25, -0.2) is 15.0 Å². The highest BCUT2D eigenvalue weighted by molar-refractivity contribution is 6.06. The second kappa shape index (κ2) is 5.79. The van der Waals surface area contributed by atoms with E-state index >= 15 is 0 Å². The Balaban J connectivity index is 1.49. The molecule has 10 nitrogen and oxygen atoms in total. The fourth-order valence-electron chi connectivity index (χ4n) is 3.82. The number of nitrogens with one attached hydrogen (secondary N) is 1. The first-order chi connectivity index (χ1) is 13.5. The molecule has 10 heteroatoms. The summed E-state index contributed by atoms with van der Waals surface area (Å²) in [6.45, 7) is -0.421. The predicted octanol–water partition coefficient (Wildman–Crippen LogP) is -0.166. The van der Waals surface area contributed by atoms with Gasteiger partial charge in [0.2, 0.25) is 0 Å². The Hall–Kier alpha value is -2.92. The number of imidazole rings is 1. The number of ether oxygens (including phenoxy) is 1. The molecule has 2 aliphatic rings. The Labute approximate surface area is 158 Å². The monoisotopic (exact) mass is 383 g/mol. The Morgan fingerprint density at radius 1 is 1.21 bits per heavy atom. The highest BCUT2D eigenvalue weighted by Gasteiger charge is 2.80. The molecule has 0 bridgehead atoms. The van der Waals surface area contributed by atoms with E-state index in [2.05, 4.69) is 20.3 Å². The highest BCUT2D eigenvalue weighted by atomic mass is 16.6. The van der Waals surface area contributed by atoms with Gasteiger partial charge in [-0.1, -0.05) is 18.2 Å². The molecule has 0 radical (unpaired) electrons. The third-order valence-corrected chi connectivity index (χ3v) is 5.44. The Morgan fingerprint density at radius 2 is 2.00 bits per heavy atom. The summed E-state index contributed by atoms with van der Waals surface area (Å²) in [6.07, 6.45) is 0.880. The van der Waals surface area contributed by atoms with E-state index in [9.17, 15) is 20.1 Å². The lowest BCUT2D eigenvalue weighted by molar-refractivity contribution is -0.0938. The van der Waals surface area contributed by atoms with Crippen molar-refractivity contribution in [2.75, 3.05) is 11.9 Å². The van der Waals surface area contributed by atoms with Crippen LogP contribution < -0.4 is 5.32 Å². The zero-order valence-electron chi connectivity index (χ0n) is 14.6. The van der Waals surface area contributed by atoms with Crippen LogP contribution in [-0.2, 0) is 4.74 Å². The summed E-state index contributed by atoms with van der Waals surface area (Å²) in [4.78, 5) is 25.0. The number of aliphatic hydroxyl groups excluding tert-OH is 1. The van der Waals surface area contributed by atoms with Crippen molar-refractivity contribution in [1.29, 1.82) is 0 Å². The molecule has 144 valence electrons. The zero-order valence-corrected chi connectivity index (χ0v) is 14.6. The molecule has 2 aromatic heterocycles. The van der Waals surface area contributed by atoms with E-state index in [1.807, 2.05) is 6.07 Å². The van der Waals surface area contributed by atoms with Crippen LogP contribution in [0.15, 0.2) is 43.0 Å². The maximum absolute atomic E-state index is 12.4. The molecule has 1 unspecified atom stereocenters. The van der Waals surface area contributed by atoms with Crippen molar-refractivity contribution in [3.8, 4) is 0 Å². The van der Waals surface area contributed by atoms with Gasteiger partial charge < -0.3 is 25.4 Å². The lowest BCUT2D eigenvalue weighted by Crippen LogP contribution is -2.33. The molecule has 0 spiro atoms. The van der Waals surface area contributed by atoms with Crippen molar-refractivity contribution in [2.45, 2.75) is 30.0 Å². The van der Waals surface area contributed by atoms with Crippen LogP contribution in [0.2, 0.25) is 0 Å². The second-order valence-corrected chi connectivity index (χ2v) is 7.05. The summed E-state index contributed by atoms with van der Waals surface area (Å²) in [6, 6.07) is 8.68. The van der Waals surface area contributed by atoms with Crippen LogP contribution in [0.4, 0.5) is 5.82 Å². The molecule has 28 heavy (non-hydrogen) atoms. The summed E-state index contributed by atoms with van der Waals surface area (Å²) in [5.74, 6) is -0.129. The van der Waals surface area contributed by atoms with Gasteiger partial charge in [0.05, 0.1) is 12.9 Å². The van der Waals surface area contributed by atoms with Crippen molar-refractivity contribution < 1.29 is 24.9 Å². The molecule has 3 aromatic rings. The highest BCUT2D eigenvalue weighted by Crippen LogP contribution is 2.63. The van der Waals surface area contributed by atoms with Crippen LogP contribution in [0.3, 0.4) is 0 Å². The summed E-state index contributed by atoms with van der Waals surface area (Å²) in [5.41, 5.74) is -1.93. The van der Waals surface area contributed by atoms with Crippen LogP contribution >= 0.6 is 0 Å². The van der Waals surface area contributed by atoms with Gasteiger partial charge in [-0.15, -0.1) is 0 Å². The molecule has 1 amide bonds. The fourth-order valence-corrected chi connectivity index (χ4v) is 3.82. The molecule has 1 aliphatic carbocycles. The summed E-state index contributed by atoms with van der Waals surface area (Å²) in [7, 11) is 0. The van der Waals surface area contributed by atoms with Crippen LogP contribution in [0, 0.1) is 0 Å². The first kappa shape index (κ1) is 17.2. The minimum atomic E-state index is -1.54. The number of carbonyl (C=O) groups is 1. The molecule has 1 aliphatic heterocycles. The molecule has 1 saturated heterocycles. The predicted molar refractivity (Wildman–Crippen MR) is 95.2 cm³/mol. The number of aromatic nitrogens is 4. The minimum Gasteiger partial charge on any atom is -0.394 e. The van der Waals surface area contributed by atoms with Crippen LogP contribution in [-0.4, -0.2) is 64.7 Å². The number of aliphatic hydroxyl groups is 3. The Bertz CT molecular complexity index is 1070. The van der Waals surface area contributed by atoms with Gasteiger partial charge in [0.25, 0.3) is 5.91 Å². The van der Waals surface area contributed by atoms with Crippen molar-refractivity contribution in [1.82, 2.24) is 19.5 Å². The van der Waals surface area contributed by atoms with Crippen molar-refractivity contribution in [3.63, 3.8) is 0 Å². The average molecular weight is 383 g/mol. The van der Waals surface area contributed by atoms with Crippen LogP contribution in [0.1, 0.15) is 23.0 Å². The summed E-state index contributed by atoms with van der Waals surface area (Å²) < 4.78 is 7.12. The maximum atomic E-state index is 12.4. The molecular formula is C18H17N5O5. The minimum absolute atomic E-state index is 0.0816. The number of fused-ring (bicyclic) bond motifs is 2. The van der Waals surface area contributed by atoms with E-state index in [0.717, 1.165) is 0 Å². The molecule has 4 N–H and O–H groups in total. The first-order valence-corrected chi connectivity index (χ1v) is 8.73. The summed E-state index contributed by atoms with van der Waals surface area (Å²) >= 11 is 0. The molecule has 2 fully saturated rings. The molecule has 5 rings (SSSR count). The molecule has 4 atom stereocenters. The van der Waals surface area contributed by atoms with E-state index in [4.69, 9.17) is 4.74 Å². The van der Waals surface area contributed by atoms with Crippen molar-refractivity contribution >= 4 is 22.9 Å². The van der Waals surface area contributed by atoms with E-state index in [0.29, 0.717) is 16.7 Å². The van der Waals surface area contributed by atoms with Gasteiger partial charge in [0.1, 0.15) is 23.6 Å². The maximum Gasteiger partial charge on any atom is 0.256 e. The molecule has 1 aromatic carbocycles. The number of rotatable bonds is 4. The quantitative estimate of drug-likeness (QED) is 0.487. The number of amides is 1. The van der Waals surface area contributed by atoms with Gasteiger partial charge in [0.15, 0.2) is 23.2 Å². The third-order valence-electron chi connectivity index (χ3n) is 5.44. The smallest absolute Gasteiger partial charge is 0.256 e. The normalized spacial score (nSPS) is 31.0. The number of benzene rings is 1. The standard InChI is InChI=1S/C18H17N5O5/c24-6-11-17(26)7-18(17,27)16(28-11)23-9-21-12-13(19-8-20-14(12)23)22-15(25)10-4-2-1-3-5-10/h1-5,8-9,11,16,24,26-27H,6-7H2,(H,19,20,22,25)/t11-,16-,17-,18?/m1/s1. The Morgan fingerprint density at radius 3 is 2.71 bits per heavy atom. The number of nitrogens with zero attached hydrogens (tertiary/aromatic N) is 4. The Kier molecular flexibility index (Phi) is 3.55. The fraction of sp³-hybridized carbons (Fsp3) is 0.333. The van der Waals surface area contributed by atoms with E-state index in [1.165, 1.54) is 17.2 Å². The van der Waals surface area contributed by atoms with Gasteiger partial charge in [-0.2, -0.15) is 0 Å². The number of hydrogen-bond donors (Lipinski definition) is 4. The van der Waals surface area contributed by atoms with Crippen molar-refractivity contribution in [3.05, 3.63) is 48.5 Å². The molecule has 1 saturated carbocycles. The van der Waals surface area contributed by atoms with E-state index in [-0.39, 0.29) is 18.1 Å². The SMILES string of the molecule is O=C(Nc1ncnc2c1ncn2[C@@H]1O[C@H](CO)[C@]2(O)CC12O)c1ccccc1. The van der Waals surface area contributed by atoms with Crippen LogP contribution in [0.25, 0.3) is 11.2 Å². The molecule has 3 heterocycles. The van der Waals surface area contributed by atoms with Gasteiger partial charge >= 0.3 is 0 Å². The lowest BCUT2D eigenvalue weighted by atomic mass is 10.1. The number of hydrogen-bond acceptors (Lipinski definition) is 8. The second-order valence-electron chi connectivity index (χ2n) is 7.05. The number of carbonyl (C=O) groups excluding carboxylic acids is 1. The average Bonchev–Trinajstić information content (AvgIpc) is 3.00. The zero-order chi connectivity index (χ0) is 19.5. The van der Waals surface area contributed by atoms with E-state index in [1.54, 1.807) is 24.3 Å². The van der Waals surface area contributed by atoms with Gasteiger partial charge in [0, 0.05) is 12.0 Å². The largest absolute Gasteiger partial charge is 0.394 e. The van der Waals surface area contributed by atoms with Crippen molar-refractivity contribution in [2.24, 2.45) is 0 Å². The van der Waals surface area contributed by atoms with Gasteiger partial charge in [-0.3, -0.25) is 9.36 Å². The topological polar surface area (TPSA) is 143 Å². The number of anilines is 1. The summed E-state index contributed by atoms with van der Waals surface area (Å²) in [5, 5.41) is 33.3. The van der Waals surface area contributed by atoms with E-state index < -0.39 is 30.1 Å². The lowest BCUT2D eigenvalue weighted by Gasteiger charge is -2.20. The third kappa shape index (κ3) is 2.23. The van der Waals surface area contributed by atoms with Gasteiger partial charge in [-0.05, 0) is 12.1 Å². The molecular weight excluding hydrogens is 366 g/mol. The first-order valence-electron chi connectivity index (χ1n) is 8.73. The van der Waals surface area contributed by atoms with Crippen LogP contribution in [0.5, 0.6) is 0 Å².